The molecule has 1 aliphatic carbocycles. The average molecular weight is 266 g/mol. The van der Waals surface area contributed by atoms with Gasteiger partial charge in [0.25, 0.3) is 0 Å². The van der Waals surface area contributed by atoms with Crippen LogP contribution in [0.15, 0.2) is 11.1 Å². The zero-order chi connectivity index (χ0) is 14.8. The van der Waals surface area contributed by atoms with Gasteiger partial charge in [-0.1, -0.05) is 26.3 Å². The third-order valence-corrected chi connectivity index (χ3v) is 4.54. The second-order valence-electron chi connectivity index (χ2n) is 6.31. The Balaban J connectivity index is 2.81. The molecule has 0 N–H and O–H groups in total. The molecule has 0 spiro atoms. The Morgan fingerprint density at radius 1 is 1.47 bits per heavy atom. The molecule has 0 saturated heterocycles. The van der Waals surface area contributed by atoms with Crippen LogP contribution in [0.5, 0.6) is 0 Å². The van der Waals surface area contributed by atoms with Crippen molar-refractivity contribution in [3.63, 3.8) is 0 Å². The largest absolute Gasteiger partial charge is 0.463 e. The fraction of sp³-hybridized carbons (Fsp3) is 0.750. The summed E-state index contributed by atoms with van der Waals surface area (Å²) in [5.41, 5.74) is 2.20. The Labute approximate surface area is 116 Å². The van der Waals surface area contributed by atoms with Gasteiger partial charge in [-0.15, -0.1) is 0 Å². The van der Waals surface area contributed by atoms with E-state index in [4.69, 9.17) is 4.74 Å². The zero-order valence-corrected chi connectivity index (χ0v) is 13.0. The predicted octanol–water partition coefficient (Wildman–Crippen LogP) is 3.67. The summed E-state index contributed by atoms with van der Waals surface area (Å²) in [6.07, 6.45) is 2.14. The van der Waals surface area contributed by atoms with Crippen molar-refractivity contribution in [2.75, 3.05) is 0 Å². The average Bonchev–Trinajstić information content (AvgIpc) is 2.25. The van der Waals surface area contributed by atoms with Crippen molar-refractivity contribution in [2.24, 2.45) is 11.3 Å². The molecule has 2 atom stereocenters. The molecular weight excluding hydrogens is 240 g/mol. The van der Waals surface area contributed by atoms with E-state index in [1.54, 1.807) is 0 Å². The van der Waals surface area contributed by atoms with Gasteiger partial charge >= 0.3 is 5.97 Å². The molecule has 0 aliphatic heterocycles. The van der Waals surface area contributed by atoms with Crippen LogP contribution in [0.4, 0.5) is 0 Å². The number of hydrogen-bond acceptors (Lipinski definition) is 3. The molecule has 108 valence electrons. The van der Waals surface area contributed by atoms with Crippen molar-refractivity contribution in [3.05, 3.63) is 11.1 Å². The number of allylic oxidation sites excluding steroid dienone is 2. The standard InChI is InChI=1S/C16H26O3/c1-10-9-15(18)12(3)14(16(10,5)6)8-7-11(2)19-13(4)17/h10-11H,7-9H2,1-6H3. The lowest BCUT2D eigenvalue weighted by Gasteiger charge is -2.39. The summed E-state index contributed by atoms with van der Waals surface area (Å²) in [6.45, 7) is 11.8. The number of hydrogen-bond donors (Lipinski definition) is 0. The fourth-order valence-corrected chi connectivity index (χ4v) is 2.83. The van der Waals surface area contributed by atoms with Crippen molar-refractivity contribution in [3.8, 4) is 0 Å². The van der Waals surface area contributed by atoms with E-state index in [9.17, 15) is 9.59 Å². The molecule has 0 fully saturated rings. The molecule has 0 aromatic rings. The van der Waals surface area contributed by atoms with Crippen molar-refractivity contribution in [1.29, 1.82) is 0 Å². The van der Waals surface area contributed by atoms with E-state index in [0.717, 1.165) is 18.4 Å². The van der Waals surface area contributed by atoms with E-state index in [1.807, 2.05) is 13.8 Å². The van der Waals surface area contributed by atoms with E-state index in [-0.39, 0.29) is 23.3 Å². The molecule has 1 aliphatic rings. The Hall–Kier alpha value is -1.12. The van der Waals surface area contributed by atoms with Crippen LogP contribution in [0.2, 0.25) is 0 Å². The minimum Gasteiger partial charge on any atom is -0.463 e. The number of ether oxygens (including phenoxy) is 1. The van der Waals surface area contributed by atoms with Crippen LogP contribution >= 0.6 is 0 Å². The van der Waals surface area contributed by atoms with Gasteiger partial charge in [0.1, 0.15) is 0 Å². The highest BCUT2D eigenvalue weighted by molar-refractivity contribution is 5.97. The monoisotopic (exact) mass is 266 g/mol. The highest BCUT2D eigenvalue weighted by atomic mass is 16.5. The van der Waals surface area contributed by atoms with E-state index in [1.165, 1.54) is 12.5 Å². The lowest BCUT2D eigenvalue weighted by molar-refractivity contribution is -0.145. The van der Waals surface area contributed by atoms with Crippen LogP contribution in [0, 0.1) is 11.3 Å². The second kappa shape index (κ2) is 5.89. The van der Waals surface area contributed by atoms with E-state index >= 15 is 0 Å². The van der Waals surface area contributed by atoms with E-state index < -0.39 is 0 Å². The minimum absolute atomic E-state index is 0.0495. The summed E-state index contributed by atoms with van der Waals surface area (Å²) in [6, 6.07) is 0. The summed E-state index contributed by atoms with van der Waals surface area (Å²) in [7, 11) is 0. The fourth-order valence-electron chi connectivity index (χ4n) is 2.83. The van der Waals surface area contributed by atoms with Crippen LogP contribution in [-0.2, 0) is 14.3 Å². The third-order valence-electron chi connectivity index (χ3n) is 4.54. The van der Waals surface area contributed by atoms with Crippen molar-refractivity contribution in [2.45, 2.75) is 66.9 Å². The Bertz CT molecular complexity index is 404. The van der Waals surface area contributed by atoms with Crippen molar-refractivity contribution < 1.29 is 14.3 Å². The molecule has 0 amide bonds. The van der Waals surface area contributed by atoms with Gasteiger partial charge in [-0.25, -0.2) is 0 Å². The Kier molecular flexibility index (Phi) is 4.94. The summed E-state index contributed by atoms with van der Waals surface area (Å²) in [5, 5.41) is 0. The number of ketones is 1. The third kappa shape index (κ3) is 3.68. The van der Waals surface area contributed by atoms with Crippen LogP contribution in [-0.4, -0.2) is 17.9 Å². The molecule has 0 heterocycles. The van der Waals surface area contributed by atoms with Crippen LogP contribution in [0.25, 0.3) is 0 Å². The first kappa shape index (κ1) is 15.9. The van der Waals surface area contributed by atoms with Crippen molar-refractivity contribution >= 4 is 11.8 Å². The van der Waals surface area contributed by atoms with Gasteiger partial charge < -0.3 is 4.74 Å². The molecule has 0 radical (unpaired) electrons. The van der Waals surface area contributed by atoms with Gasteiger partial charge in [-0.05, 0) is 43.6 Å². The highest BCUT2D eigenvalue weighted by Gasteiger charge is 2.37. The second-order valence-corrected chi connectivity index (χ2v) is 6.31. The summed E-state index contributed by atoms with van der Waals surface area (Å²) < 4.78 is 5.15. The van der Waals surface area contributed by atoms with Crippen molar-refractivity contribution in [1.82, 2.24) is 0 Å². The molecule has 3 nitrogen and oxygen atoms in total. The maximum absolute atomic E-state index is 12.0. The molecular formula is C16H26O3. The minimum atomic E-state index is -0.245. The number of carbonyl (C=O) groups excluding carboxylic acids is 2. The highest BCUT2D eigenvalue weighted by Crippen LogP contribution is 2.45. The Morgan fingerprint density at radius 2 is 2.05 bits per heavy atom. The van der Waals surface area contributed by atoms with Crippen LogP contribution < -0.4 is 0 Å². The SMILES string of the molecule is CC(=O)OC(C)CCC1=C(C)C(=O)CC(C)C1(C)C. The molecule has 2 unspecified atom stereocenters. The first-order valence-corrected chi connectivity index (χ1v) is 7.07. The molecule has 19 heavy (non-hydrogen) atoms. The predicted molar refractivity (Wildman–Crippen MR) is 75.7 cm³/mol. The molecule has 0 aromatic heterocycles. The molecule has 0 bridgehead atoms. The number of rotatable bonds is 4. The molecule has 1 rings (SSSR count). The van der Waals surface area contributed by atoms with Gasteiger partial charge in [0.15, 0.2) is 5.78 Å². The Morgan fingerprint density at radius 3 is 2.58 bits per heavy atom. The van der Waals surface area contributed by atoms with Gasteiger partial charge in [-0.3, -0.25) is 9.59 Å². The van der Waals surface area contributed by atoms with Gasteiger partial charge in [0.05, 0.1) is 6.10 Å². The maximum atomic E-state index is 12.0. The maximum Gasteiger partial charge on any atom is 0.302 e. The first-order chi connectivity index (χ1) is 8.66. The smallest absolute Gasteiger partial charge is 0.302 e. The lowest BCUT2D eigenvalue weighted by Crippen LogP contribution is -2.33. The summed E-state index contributed by atoms with van der Waals surface area (Å²) >= 11 is 0. The zero-order valence-electron chi connectivity index (χ0n) is 13.0. The molecule has 0 saturated carbocycles. The van der Waals surface area contributed by atoms with E-state index in [2.05, 4.69) is 20.8 Å². The van der Waals surface area contributed by atoms with Crippen LogP contribution in [0.1, 0.15) is 60.8 Å². The van der Waals surface area contributed by atoms with E-state index in [0.29, 0.717) is 12.3 Å². The summed E-state index contributed by atoms with van der Waals surface area (Å²) in [5.74, 6) is 0.384. The number of Topliss-reactive ketones (excluding diaryl/α,β-unsaturated/α-hetero) is 1. The first-order valence-electron chi connectivity index (χ1n) is 7.07. The quantitative estimate of drug-likeness (QED) is 0.729. The number of carbonyl (C=O) groups is 2. The van der Waals surface area contributed by atoms with Gasteiger partial charge in [0, 0.05) is 13.3 Å². The number of esters is 1. The molecule has 0 aromatic carbocycles. The van der Waals surface area contributed by atoms with Gasteiger partial charge in [0.2, 0.25) is 0 Å². The molecule has 3 heteroatoms. The van der Waals surface area contributed by atoms with Gasteiger partial charge in [-0.2, -0.15) is 0 Å². The topological polar surface area (TPSA) is 43.4 Å². The van der Waals surface area contributed by atoms with Crippen LogP contribution in [0.3, 0.4) is 0 Å². The normalized spacial score (nSPS) is 24.3. The lowest BCUT2D eigenvalue weighted by atomic mass is 9.64. The summed E-state index contributed by atoms with van der Waals surface area (Å²) in [4.78, 5) is 22.9.